The zero-order valence-electron chi connectivity index (χ0n) is 16.5. The molecule has 28 heavy (non-hydrogen) atoms. The Hall–Kier alpha value is -2.60. The number of benzene rings is 2. The molecule has 0 amide bonds. The molecule has 1 N–H and O–H groups in total. The zero-order chi connectivity index (χ0) is 19.8. The van der Waals surface area contributed by atoms with Crippen molar-refractivity contribution in [1.29, 1.82) is 0 Å². The maximum atomic E-state index is 13.6. The molecule has 0 radical (unpaired) electrons. The number of hydrogen-bond donors (Lipinski definition) is 1. The van der Waals surface area contributed by atoms with Crippen molar-refractivity contribution in [2.24, 2.45) is 10.9 Å². The molecule has 0 spiro atoms. The van der Waals surface area contributed by atoms with E-state index in [2.05, 4.69) is 22.4 Å². The first-order chi connectivity index (χ1) is 13.7. The van der Waals surface area contributed by atoms with Crippen LogP contribution in [-0.4, -0.2) is 51.3 Å². The van der Waals surface area contributed by atoms with Crippen LogP contribution in [0.2, 0.25) is 0 Å². The minimum absolute atomic E-state index is 0.113. The Balaban J connectivity index is 1.47. The quantitative estimate of drug-likeness (QED) is 0.585. The van der Waals surface area contributed by atoms with Crippen LogP contribution >= 0.6 is 0 Å². The molecule has 0 saturated carbocycles. The van der Waals surface area contributed by atoms with Crippen LogP contribution < -0.4 is 10.1 Å². The van der Waals surface area contributed by atoms with Gasteiger partial charge in [0, 0.05) is 33.2 Å². The lowest BCUT2D eigenvalue weighted by molar-refractivity contribution is 0.0913. The highest BCUT2D eigenvalue weighted by Gasteiger charge is 2.29. The van der Waals surface area contributed by atoms with Gasteiger partial charge in [-0.15, -0.1) is 0 Å². The highest BCUT2D eigenvalue weighted by Crippen LogP contribution is 2.33. The summed E-state index contributed by atoms with van der Waals surface area (Å²) in [6.07, 6.45) is 1.13. The summed E-state index contributed by atoms with van der Waals surface area (Å²) in [5.74, 6) is 1.10. The lowest BCUT2D eigenvalue weighted by Gasteiger charge is -2.25. The molecule has 6 heteroatoms. The fourth-order valence-electron chi connectivity index (χ4n) is 3.42. The van der Waals surface area contributed by atoms with E-state index in [4.69, 9.17) is 9.47 Å². The van der Waals surface area contributed by atoms with Crippen LogP contribution in [0.15, 0.2) is 59.6 Å². The SMILES string of the molecule is CN=C(NCC1CCOC1c1ccccc1)N(C)CCOc1ccccc1F. The van der Waals surface area contributed by atoms with Crippen LogP contribution in [0.1, 0.15) is 18.1 Å². The van der Waals surface area contributed by atoms with Gasteiger partial charge in [-0.25, -0.2) is 4.39 Å². The summed E-state index contributed by atoms with van der Waals surface area (Å²) in [5, 5.41) is 3.44. The Kier molecular flexibility index (Phi) is 7.25. The van der Waals surface area contributed by atoms with Gasteiger partial charge in [0.15, 0.2) is 17.5 Å². The van der Waals surface area contributed by atoms with Gasteiger partial charge < -0.3 is 19.7 Å². The van der Waals surface area contributed by atoms with Crippen molar-refractivity contribution in [1.82, 2.24) is 10.2 Å². The van der Waals surface area contributed by atoms with Gasteiger partial charge in [-0.1, -0.05) is 42.5 Å². The molecule has 5 nitrogen and oxygen atoms in total. The number of likely N-dealkylation sites (N-methyl/N-ethyl adjacent to an activating group) is 1. The fraction of sp³-hybridized carbons (Fsp3) is 0.409. The van der Waals surface area contributed by atoms with E-state index in [1.54, 1.807) is 25.2 Å². The van der Waals surface area contributed by atoms with E-state index >= 15 is 0 Å². The number of hydrogen-bond acceptors (Lipinski definition) is 3. The molecule has 1 fully saturated rings. The Morgan fingerprint density at radius 3 is 2.71 bits per heavy atom. The molecule has 0 aromatic heterocycles. The Morgan fingerprint density at radius 2 is 1.96 bits per heavy atom. The molecule has 3 rings (SSSR count). The van der Waals surface area contributed by atoms with E-state index in [9.17, 15) is 4.39 Å². The maximum absolute atomic E-state index is 13.6. The van der Waals surface area contributed by atoms with Gasteiger partial charge in [0.25, 0.3) is 0 Å². The van der Waals surface area contributed by atoms with Crippen molar-refractivity contribution in [2.75, 3.05) is 40.4 Å². The first-order valence-electron chi connectivity index (χ1n) is 9.64. The Labute approximate surface area is 166 Å². The van der Waals surface area contributed by atoms with Crippen molar-refractivity contribution in [3.8, 4) is 5.75 Å². The third-order valence-electron chi connectivity index (χ3n) is 4.96. The van der Waals surface area contributed by atoms with Crippen molar-refractivity contribution >= 4 is 5.96 Å². The van der Waals surface area contributed by atoms with Gasteiger partial charge in [-0.3, -0.25) is 4.99 Å². The first-order valence-corrected chi connectivity index (χ1v) is 9.64. The average molecular weight is 385 g/mol. The van der Waals surface area contributed by atoms with Crippen LogP contribution in [0, 0.1) is 11.7 Å². The molecule has 2 aromatic rings. The van der Waals surface area contributed by atoms with Gasteiger partial charge in [0.05, 0.1) is 12.6 Å². The summed E-state index contributed by atoms with van der Waals surface area (Å²) in [4.78, 5) is 6.33. The summed E-state index contributed by atoms with van der Waals surface area (Å²) < 4.78 is 25.1. The van der Waals surface area contributed by atoms with E-state index in [0.29, 0.717) is 19.1 Å². The predicted molar refractivity (Wildman–Crippen MR) is 109 cm³/mol. The van der Waals surface area contributed by atoms with E-state index in [1.807, 2.05) is 30.1 Å². The minimum Gasteiger partial charge on any atom is -0.489 e. The molecule has 0 bridgehead atoms. The van der Waals surface area contributed by atoms with Gasteiger partial charge in [-0.05, 0) is 24.1 Å². The highest BCUT2D eigenvalue weighted by molar-refractivity contribution is 5.79. The second-order valence-corrected chi connectivity index (χ2v) is 6.88. The second-order valence-electron chi connectivity index (χ2n) is 6.88. The smallest absolute Gasteiger partial charge is 0.193 e. The van der Waals surface area contributed by atoms with Crippen molar-refractivity contribution in [3.05, 3.63) is 66.0 Å². The molecule has 2 aromatic carbocycles. The Bertz CT molecular complexity index is 769. The number of ether oxygens (including phenoxy) is 2. The molecular formula is C22H28FN3O2. The van der Waals surface area contributed by atoms with Gasteiger partial charge in [0.2, 0.25) is 0 Å². The van der Waals surface area contributed by atoms with Crippen molar-refractivity contribution in [3.63, 3.8) is 0 Å². The van der Waals surface area contributed by atoms with E-state index in [1.165, 1.54) is 11.6 Å². The summed E-state index contributed by atoms with van der Waals surface area (Å²) in [6, 6.07) is 16.8. The number of aliphatic imine (C=N–C) groups is 1. The first kappa shape index (κ1) is 20.1. The molecular weight excluding hydrogens is 357 g/mol. The van der Waals surface area contributed by atoms with Crippen LogP contribution in [-0.2, 0) is 4.74 Å². The van der Waals surface area contributed by atoms with Crippen LogP contribution in [0.4, 0.5) is 4.39 Å². The molecule has 1 aliphatic heterocycles. The third-order valence-corrected chi connectivity index (χ3v) is 4.96. The summed E-state index contributed by atoms with van der Waals surface area (Å²) in [5.41, 5.74) is 1.22. The number of halogens is 1. The lowest BCUT2D eigenvalue weighted by atomic mass is 9.95. The minimum atomic E-state index is -0.346. The fourth-order valence-corrected chi connectivity index (χ4v) is 3.42. The van der Waals surface area contributed by atoms with Crippen LogP contribution in [0.3, 0.4) is 0 Å². The van der Waals surface area contributed by atoms with Crippen LogP contribution in [0.25, 0.3) is 0 Å². The topological polar surface area (TPSA) is 46.1 Å². The Morgan fingerprint density at radius 1 is 1.21 bits per heavy atom. The number of rotatable bonds is 7. The number of guanidine groups is 1. The summed E-state index contributed by atoms with van der Waals surface area (Å²) in [6.45, 7) is 2.52. The van der Waals surface area contributed by atoms with Crippen molar-refractivity contribution < 1.29 is 13.9 Å². The molecule has 0 aliphatic carbocycles. The molecule has 2 unspecified atom stereocenters. The number of nitrogens with one attached hydrogen (secondary N) is 1. The molecule has 1 aliphatic rings. The van der Waals surface area contributed by atoms with Crippen molar-refractivity contribution in [2.45, 2.75) is 12.5 Å². The largest absolute Gasteiger partial charge is 0.489 e. The highest BCUT2D eigenvalue weighted by atomic mass is 19.1. The number of para-hydroxylation sites is 1. The normalized spacial score (nSPS) is 19.5. The number of nitrogens with zero attached hydrogens (tertiary/aromatic N) is 2. The molecule has 2 atom stereocenters. The van der Waals surface area contributed by atoms with Gasteiger partial charge in [-0.2, -0.15) is 0 Å². The zero-order valence-corrected chi connectivity index (χ0v) is 16.5. The molecule has 1 heterocycles. The van der Waals surface area contributed by atoms with E-state index in [0.717, 1.165) is 25.5 Å². The summed E-state index contributed by atoms with van der Waals surface area (Å²) in [7, 11) is 3.70. The molecule has 1 saturated heterocycles. The third kappa shape index (κ3) is 5.23. The standard InChI is InChI=1S/C22H28FN3O2/c1-24-22(26(2)13-15-27-20-11-7-6-10-19(20)23)25-16-18-12-14-28-21(18)17-8-4-3-5-9-17/h3-11,18,21H,12-16H2,1-2H3,(H,24,25). The average Bonchev–Trinajstić information content (AvgIpc) is 3.19. The predicted octanol–water partition coefficient (Wildman–Crippen LogP) is 3.49. The van der Waals surface area contributed by atoms with Crippen LogP contribution in [0.5, 0.6) is 5.75 Å². The molecule has 150 valence electrons. The lowest BCUT2D eigenvalue weighted by Crippen LogP contribution is -2.43. The van der Waals surface area contributed by atoms with E-state index < -0.39 is 0 Å². The maximum Gasteiger partial charge on any atom is 0.193 e. The van der Waals surface area contributed by atoms with E-state index in [-0.39, 0.29) is 17.7 Å². The van der Waals surface area contributed by atoms with Gasteiger partial charge >= 0.3 is 0 Å². The summed E-state index contributed by atoms with van der Waals surface area (Å²) >= 11 is 0. The monoisotopic (exact) mass is 385 g/mol. The second kappa shape index (κ2) is 10.1. The van der Waals surface area contributed by atoms with Gasteiger partial charge in [0.1, 0.15) is 6.61 Å².